The first-order valence-electron chi connectivity index (χ1n) is 10.2. The average molecular weight is 456 g/mol. The van der Waals surface area contributed by atoms with Gasteiger partial charge in [0.1, 0.15) is 24.0 Å². The minimum atomic E-state index is -4.78. The van der Waals surface area contributed by atoms with E-state index in [1.165, 1.54) is 18.2 Å². The quantitative estimate of drug-likeness (QED) is 0.462. The number of H-pyrrole nitrogens is 1. The van der Waals surface area contributed by atoms with E-state index in [4.69, 9.17) is 4.74 Å². The largest absolute Gasteiger partial charge is 0.573 e. The second-order valence-corrected chi connectivity index (χ2v) is 7.68. The Morgan fingerprint density at radius 1 is 1.21 bits per heavy atom. The van der Waals surface area contributed by atoms with Gasteiger partial charge in [-0.05, 0) is 42.8 Å². The first-order valence-corrected chi connectivity index (χ1v) is 10.2. The first kappa shape index (κ1) is 21.1. The van der Waals surface area contributed by atoms with Gasteiger partial charge in [-0.15, -0.1) is 13.2 Å². The molecule has 0 fully saturated rings. The van der Waals surface area contributed by atoms with Crippen LogP contribution in [0, 0.1) is 6.92 Å². The number of benzene rings is 2. The van der Waals surface area contributed by atoms with Crippen LogP contribution >= 0.6 is 0 Å². The normalized spacial score (nSPS) is 15.9. The molecule has 2 N–H and O–H groups in total. The van der Waals surface area contributed by atoms with Crippen LogP contribution in [0.5, 0.6) is 11.5 Å². The van der Waals surface area contributed by atoms with Gasteiger partial charge in [-0.1, -0.05) is 12.1 Å². The molecule has 7 nitrogen and oxygen atoms in total. The van der Waals surface area contributed by atoms with Crippen LogP contribution in [0.4, 0.5) is 24.7 Å². The van der Waals surface area contributed by atoms with E-state index in [-0.39, 0.29) is 25.0 Å². The van der Waals surface area contributed by atoms with Crippen molar-refractivity contribution in [2.24, 2.45) is 0 Å². The molecule has 1 aliphatic rings. The highest BCUT2D eigenvalue weighted by Crippen LogP contribution is 2.44. The molecule has 0 amide bonds. The van der Waals surface area contributed by atoms with E-state index in [9.17, 15) is 18.3 Å². The summed E-state index contributed by atoms with van der Waals surface area (Å²) >= 11 is 0. The van der Waals surface area contributed by atoms with Crippen molar-refractivity contribution >= 4 is 22.5 Å². The van der Waals surface area contributed by atoms with Gasteiger partial charge in [0.2, 0.25) is 0 Å². The van der Waals surface area contributed by atoms with E-state index in [0.717, 1.165) is 5.56 Å². The van der Waals surface area contributed by atoms with E-state index in [1.54, 1.807) is 6.20 Å². The number of aromatic amines is 1. The number of imidazole rings is 1. The summed E-state index contributed by atoms with van der Waals surface area (Å²) < 4.78 is 47.7. The molecule has 0 aliphatic carbocycles. The van der Waals surface area contributed by atoms with Gasteiger partial charge in [0.15, 0.2) is 5.75 Å². The maximum atomic E-state index is 12.6. The summed E-state index contributed by atoms with van der Waals surface area (Å²) in [6.07, 6.45) is -3.03. The topological polar surface area (TPSA) is 83.5 Å². The molecule has 0 bridgehead atoms. The average Bonchev–Trinajstić information content (AvgIpc) is 3.20. The van der Waals surface area contributed by atoms with Crippen LogP contribution in [0.3, 0.4) is 0 Å². The molecule has 0 radical (unpaired) electrons. The fourth-order valence-electron chi connectivity index (χ4n) is 3.86. The van der Waals surface area contributed by atoms with Crippen molar-refractivity contribution in [1.29, 1.82) is 0 Å². The van der Waals surface area contributed by atoms with Gasteiger partial charge >= 0.3 is 6.36 Å². The van der Waals surface area contributed by atoms with E-state index in [0.29, 0.717) is 39.7 Å². The van der Waals surface area contributed by atoms with Crippen LogP contribution in [0.25, 0.3) is 22.4 Å². The lowest BCUT2D eigenvalue weighted by Gasteiger charge is -2.37. The number of ether oxygens (including phenoxy) is 2. The fourth-order valence-corrected chi connectivity index (χ4v) is 3.86. The van der Waals surface area contributed by atoms with E-state index in [2.05, 4.69) is 19.7 Å². The SMILES string of the molecule is Cc1ccc(N2c3cccc(-c4nc5ccc(OC(F)(F)F)cc5[nH]4)c3OCC2CO)nc1. The van der Waals surface area contributed by atoms with Crippen molar-refractivity contribution in [2.75, 3.05) is 18.1 Å². The summed E-state index contributed by atoms with van der Waals surface area (Å²) in [5, 5.41) is 9.93. The van der Waals surface area contributed by atoms with Gasteiger partial charge in [-0.3, -0.25) is 0 Å². The van der Waals surface area contributed by atoms with Crippen molar-refractivity contribution < 1.29 is 27.8 Å². The molecular weight excluding hydrogens is 437 g/mol. The number of aliphatic hydroxyl groups excluding tert-OH is 1. The summed E-state index contributed by atoms with van der Waals surface area (Å²) in [6.45, 7) is 2.03. The number of nitrogens with zero attached hydrogens (tertiary/aromatic N) is 3. The lowest BCUT2D eigenvalue weighted by Crippen LogP contribution is -2.43. The minimum Gasteiger partial charge on any atom is -0.488 e. The Bertz CT molecular complexity index is 1300. The number of halogens is 3. The second kappa shape index (κ2) is 7.96. The Morgan fingerprint density at radius 3 is 2.79 bits per heavy atom. The van der Waals surface area contributed by atoms with Gasteiger partial charge in [0, 0.05) is 12.3 Å². The number of nitrogens with one attached hydrogen (secondary N) is 1. The molecule has 5 rings (SSSR count). The predicted molar refractivity (Wildman–Crippen MR) is 116 cm³/mol. The molecule has 3 heterocycles. The van der Waals surface area contributed by atoms with Gasteiger partial charge < -0.3 is 24.5 Å². The number of hydrogen-bond acceptors (Lipinski definition) is 6. The molecule has 1 unspecified atom stereocenters. The third-order valence-corrected chi connectivity index (χ3v) is 5.33. The zero-order valence-corrected chi connectivity index (χ0v) is 17.4. The molecular formula is C23H19F3N4O3. The number of aryl methyl sites for hydroxylation is 1. The van der Waals surface area contributed by atoms with E-state index in [1.807, 2.05) is 42.2 Å². The van der Waals surface area contributed by atoms with Gasteiger partial charge in [0.05, 0.1) is 34.9 Å². The Morgan fingerprint density at radius 2 is 2.06 bits per heavy atom. The third kappa shape index (κ3) is 4.05. The third-order valence-electron chi connectivity index (χ3n) is 5.33. The fraction of sp³-hybridized carbons (Fsp3) is 0.217. The van der Waals surface area contributed by atoms with Crippen molar-refractivity contribution in [3.05, 3.63) is 60.3 Å². The summed E-state index contributed by atoms with van der Waals surface area (Å²) in [7, 11) is 0. The molecule has 2 aromatic carbocycles. The van der Waals surface area contributed by atoms with Crippen molar-refractivity contribution in [3.8, 4) is 22.9 Å². The van der Waals surface area contributed by atoms with Crippen LogP contribution in [0.2, 0.25) is 0 Å². The summed E-state index contributed by atoms with van der Waals surface area (Å²) in [6, 6.07) is 12.9. The molecule has 33 heavy (non-hydrogen) atoms. The smallest absolute Gasteiger partial charge is 0.488 e. The zero-order chi connectivity index (χ0) is 23.2. The van der Waals surface area contributed by atoms with E-state index >= 15 is 0 Å². The highest BCUT2D eigenvalue weighted by Gasteiger charge is 2.32. The van der Waals surface area contributed by atoms with Crippen LogP contribution in [-0.2, 0) is 0 Å². The number of rotatable bonds is 4. The number of aliphatic hydroxyl groups is 1. The van der Waals surface area contributed by atoms with Crippen molar-refractivity contribution in [1.82, 2.24) is 15.0 Å². The maximum absolute atomic E-state index is 12.6. The van der Waals surface area contributed by atoms with E-state index < -0.39 is 6.36 Å². The predicted octanol–water partition coefficient (Wildman–Crippen LogP) is 4.72. The first-order chi connectivity index (χ1) is 15.8. The number of fused-ring (bicyclic) bond motifs is 2. The monoisotopic (exact) mass is 456 g/mol. The Labute approximate surface area is 186 Å². The molecule has 0 spiro atoms. The molecule has 0 saturated heterocycles. The maximum Gasteiger partial charge on any atom is 0.573 e. The number of hydrogen-bond donors (Lipinski definition) is 2. The van der Waals surface area contributed by atoms with Crippen molar-refractivity contribution in [2.45, 2.75) is 19.3 Å². The molecule has 10 heteroatoms. The Kier molecular flexibility index (Phi) is 5.09. The molecule has 0 saturated carbocycles. The molecule has 170 valence electrons. The van der Waals surface area contributed by atoms with Crippen molar-refractivity contribution in [3.63, 3.8) is 0 Å². The highest BCUT2D eigenvalue weighted by molar-refractivity contribution is 5.85. The molecule has 2 aromatic heterocycles. The van der Waals surface area contributed by atoms with Gasteiger partial charge in [-0.25, -0.2) is 9.97 Å². The summed E-state index contributed by atoms with van der Waals surface area (Å²) in [4.78, 5) is 14.0. The van der Waals surface area contributed by atoms with Gasteiger partial charge in [0.25, 0.3) is 0 Å². The number of aromatic nitrogens is 3. The summed E-state index contributed by atoms with van der Waals surface area (Å²) in [5.74, 6) is 1.31. The number of alkyl halides is 3. The molecule has 4 aromatic rings. The van der Waals surface area contributed by atoms with Crippen LogP contribution in [-0.4, -0.2) is 45.7 Å². The summed E-state index contributed by atoms with van der Waals surface area (Å²) in [5.41, 5.74) is 3.23. The molecule has 1 atom stereocenters. The van der Waals surface area contributed by atoms with Crippen LogP contribution in [0.1, 0.15) is 5.56 Å². The lowest BCUT2D eigenvalue weighted by molar-refractivity contribution is -0.274. The second-order valence-electron chi connectivity index (χ2n) is 7.68. The highest BCUT2D eigenvalue weighted by atomic mass is 19.4. The number of anilines is 2. The van der Waals surface area contributed by atoms with Gasteiger partial charge in [-0.2, -0.15) is 0 Å². The Hall–Kier alpha value is -3.79. The standard InChI is InChI=1S/C23H19F3N4O3/c1-13-5-8-20(27-10-13)30-14(11-31)12-32-21-16(3-2-4-19(21)30)22-28-17-7-6-15(9-18(17)29-22)33-23(24,25)26/h2-10,14,31H,11-12H2,1H3,(H,28,29). The lowest BCUT2D eigenvalue weighted by atomic mass is 10.1. The molecule has 1 aliphatic heterocycles. The minimum absolute atomic E-state index is 0.133. The van der Waals surface area contributed by atoms with Crippen LogP contribution in [0.15, 0.2) is 54.7 Å². The zero-order valence-electron chi connectivity index (χ0n) is 17.4. The number of pyridine rings is 1. The van der Waals surface area contributed by atoms with Crippen LogP contribution < -0.4 is 14.4 Å². The Balaban J connectivity index is 1.58. The number of para-hydroxylation sites is 1.